The molecule has 11 heteroatoms. The van der Waals surface area contributed by atoms with Gasteiger partial charge in [-0.1, -0.05) is 0 Å². The van der Waals surface area contributed by atoms with Crippen molar-refractivity contribution in [1.82, 2.24) is 15.1 Å². The average Bonchev–Trinajstić information content (AvgIpc) is 3.03. The third-order valence-electron chi connectivity index (χ3n) is 5.26. The molecule has 0 bridgehead atoms. The summed E-state index contributed by atoms with van der Waals surface area (Å²) in [5.41, 5.74) is 0.393. The van der Waals surface area contributed by atoms with E-state index < -0.39 is 17.6 Å². The van der Waals surface area contributed by atoms with Gasteiger partial charge in [-0.2, -0.15) is 0 Å². The number of nitrogens with zero attached hydrogens (tertiary/aromatic N) is 2. The lowest BCUT2D eigenvalue weighted by atomic mass is 10.1. The summed E-state index contributed by atoms with van der Waals surface area (Å²) in [4.78, 5) is 51.9. The predicted molar refractivity (Wildman–Crippen MR) is 138 cm³/mol. The zero-order valence-electron chi connectivity index (χ0n) is 21.4. The van der Waals surface area contributed by atoms with Gasteiger partial charge >= 0.3 is 6.09 Å². The minimum absolute atomic E-state index is 0.0532. The molecule has 0 atom stereocenters. The largest absolute Gasteiger partial charge is 0.504 e. The molecule has 0 saturated carbocycles. The van der Waals surface area contributed by atoms with Crippen molar-refractivity contribution in [1.29, 1.82) is 0 Å². The Labute approximate surface area is 215 Å². The minimum atomic E-state index is -0.573. The Morgan fingerprint density at radius 1 is 1.17 bits per heavy atom. The van der Waals surface area contributed by atoms with E-state index in [0.717, 1.165) is 11.8 Å². The van der Waals surface area contributed by atoms with Crippen LogP contribution < -0.4 is 5.32 Å². The lowest BCUT2D eigenvalue weighted by molar-refractivity contribution is -0.130. The van der Waals surface area contributed by atoms with Crippen LogP contribution in [0.1, 0.15) is 57.6 Å². The number of carbonyl (C=O) groups excluding carboxylic acids is 4. The smallest absolute Gasteiger partial charge is 0.407 e. The van der Waals surface area contributed by atoms with Crippen LogP contribution >= 0.6 is 11.8 Å². The Morgan fingerprint density at radius 3 is 2.50 bits per heavy atom. The lowest BCUT2D eigenvalue weighted by Crippen LogP contribution is -2.34. The summed E-state index contributed by atoms with van der Waals surface area (Å²) in [5, 5.41) is 21.7. The Kier molecular flexibility index (Phi) is 10.2. The number of carbonyl (C=O) groups is 4. The second-order valence-corrected chi connectivity index (χ2v) is 10.6. The molecule has 1 heterocycles. The van der Waals surface area contributed by atoms with E-state index in [9.17, 15) is 29.4 Å². The van der Waals surface area contributed by atoms with Gasteiger partial charge in [0.2, 0.25) is 5.91 Å². The number of aryl methyl sites for hydroxylation is 1. The molecule has 1 aromatic rings. The maximum atomic E-state index is 12.7. The van der Waals surface area contributed by atoms with Gasteiger partial charge in [0, 0.05) is 33.1 Å². The molecule has 2 rings (SSSR count). The summed E-state index contributed by atoms with van der Waals surface area (Å²) in [6, 6.07) is 2.94. The van der Waals surface area contributed by atoms with E-state index in [1.54, 1.807) is 45.7 Å². The number of rotatable bonds is 10. The predicted octanol–water partition coefficient (Wildman–Crippen LogP) is 3.99. The SMILES string of the molecule is Cc1cc(/C=C2\SC(=O)N(CCCCN(C)C(=O)CCCNC(=O)OC(C)(C)C)C2=O)cc(O)c1O. The van der Waals surface area contributed by atoms with Crippen LogP contribution in [-0.4, -0.2) is 75.4 Å². The molecule has 1 aliphatic heterocycles. The first-order valence-corrected chi connectivity index (χ1v) is 12.6. The monoisotopic (exact) mass is 521 g/mol. The number of phenols is 2. The zero-order valence-corrected chi connectivity index (χ0v) is 22.2. The highest BCUT2D eigenvalue weighted by molar-refractivity contribution is 8.18. The van der Waals surface area contributed by atoms with Gasteiger partial charge in [-0.15, -0.1) is 0 Å². The number of imide groups is 1. The standard InChI is InChI=1S/C25H35N3O7S/c1-16-13-17(14-18(29)21(16)31)15-19-22(32)28(24(34)36-19)12-7-6-11-27(5)20(30)9-8-10-26-23(33)35-25(2,3)4/h13-15,29,31H,6-12H2,1-5H3,(H,26,33)/b19-15-. The lowest BCUT2D eigenvalue weighted by Gasteiger charge is -2.20. The van der Waals surface area contributed by atoms with Crippen LogP contribution in [0.15, 0.2) is 17.0 Å². The molecule has 1 fully saturated rings. The first-order chi connectivity index (χ1) is 16.8. The van der Waals surface area contributed by atoms with Crippen LogP contribution in [-0.2, 0) is 14.3 Å². The molecule has 0 spiro atoms. The fourth-order valence-corrected chi connectivity index (χ4v) is 4.26. The quantitative estimate of drug-likeness (QED) is 0.239. The number of aromatic hydroxyl groups is 2. The third kappa shape index (κ3) is 8.78. The molecule has 0 radical (unpaired) electrons. The molecule has 3 N–H and O–H groups in total. The summed E-state index contributed by atoms with van der Waals surface area (Å²) in [7, 11) is 1.70. The molecule has 0 unspecified atom stereocenters. The Morgan fingerprint density at radius 2 is 1.86 bits per heavy atom. The van der Waals surface area contributed by atoms with Crippen molar-refractivity contribution in [3.63, 3.8) is 0 Å². The van der Waals surface area contributed by atoms with Crippen LogP contribution in [0.5, 0.6) is 11.5 Å². The maximum absolute atomic E-state index is 12.7. The topological polar surface area (TPSA) is 136 Å². The number of thioether (sulfide) groups is 1. The highest BCUT2D eigenvalue weighted by atomic mass is 32.2. The number of nitrogens with one attached hydrogen (secondary N) is 1. The number of phenolic OH excluding ortho intramolecular Hbond substituents is 2. The number of ether oxygens (including phenoxy) is 1. The van der Waals surface area contributed by atoms with E-state index in [1.165, 1.54) is 17.0 Å². The van der Waals surface area contributed by atoms with Crippen molar-refractivity contribution < 1.29 is 34.1 Å². The molecular weight excluding hydrogens is 486 g/mol. The van der Waals surface area contributed by atoms with Crippen molar-refractivity contribution in [3.8, 4) is 11.5 Å². The summed E-state index contributed by atoms with van der Waals surface area (Å²) in [6.45, 7) is 8.02. The number of benzene rings is 1. The second-order valence-electron chi connectivity index (χ2n) is 9.59. The number of hydrogen-bond donors (Lipinski definition) is 3. The van der Waals surface area contributed by atoms with Gasteiger partial charge in [0.05, 0.1) is 4.91 Å². The van der Waals surface area contributed by atoms with E-state index in [2.05, 4.69) is 5.32 Å². The number of amides is 4. The van der Waals surface area contributed by atoms with Crippen LogP contribution in [0.25, 0.3) is 6.08 Å². The number of alkyl carbamates (subject to hydrolysis) is 1. The molecule has 0 aliphatic carbocycles. The molecule has 36 heavy (non-hydrogen) atoms. The van der Waals surface area contributed by atoms with Gasteiger partial charge in [-0.3, -0.25) is 19.3 Å². The van der Waals surface area contributed by atoms with Gasteiger partial charge in [0.25, 0.3) is 11.1 Å². The van der Waals surface area contributed by atoms with Crippen molar-refractivity contribution in [2.45, 2.75) is 59.0 Å². The zero-order chi connectivity index (χ0) is 27.0. The van der Waals surface area contributed by atoms with Crippen LogP contribution in [0.3, 0.4) is 0 Å². The van der Waals surface area contributed by atoms with E-state index in [0.29, 0.717) is 43.5 Å². The first-order valence-electron chi connectivity index (χ1n) is 11.8. The van der Waals surface area contributed by atoms with Crippen molar-refractivity contribution in [2.24, 2.45) is 0 Å². The van der Waals surface area contributed by atoms with Gasteiger partial charge < -0.3 is 25.2 Å². The molecule has 4 amide bonds. The highest BCUT2D eigenvalue weighted by Gasteiger charge is 2.34. The maximum Gasteiger partial charge on any atom is 0.407 e. The Balaban J connectivity index is 1.73. The molecule has 198 valence electrons. The van der Waals surface area contributed by atoms with Crippen LogP contribution in [0, 0.1) is 6.92 Å². The van der Waals surface area contributed by atoms with Crippen molar-refractivity contribution >= 4 is 41.0 Å². The highest BCUT2D eigenvalue weighted by Crippen LogP contribution is 2.35. The Hall–Kier alpha value is -3.21. The number of hydrogen-bond acceptors (Lipinski definition) is 8. The molecule has 0 aromatic heterocycles. The van der Waals surface area contributed by atoms with Gasteiger partial charge in [-0.05, 0) is 88.1 Å². The summed E-state index contributed by atoms with van der Waals surface area (Å²) in [5.74, 6) is -0.973. The first kappa shape index (κ1) is 29.0. The van der Waals surface area contributed by atoms with E-state index in [1.807, 2.05) is 0 Å². The molecule has 10 nitrogen and oxygen atoms in total. The van der Waals surface area contributed by atoms with Crippen LogP contribution in [0.2, 0.25) is 0 Å². The minimum Gasteiger partial charge on any atom is -0.504 e. The van der Waals surface area contributed by atoms with Gasteiger partial charge in [0.1, 0.15) is 5.60 Å². The Bertz CT molecular complexity index is 1010. The fourth-order valence-electron chi connectivity index (χ4n) is 3.39. The summed E-state index contributed by atoms with van der Waals surface area (Å²) in [6.07, 6.45) is 2.94. The van der Waals surface area contributed by atoms with E-state index >= 15 is 0 Å². The fraction of sp³-hybridized carbons (Fsp3) is 0.520. The second kappa shape index (κ2) is 12.7. The van der Waals surface area contributed by atoms with Crippen LogP contribution in [0.4, 0.5) is 9.59 Å². The summed E-state index contributed by atoms with van der Waals surface area (Å²) >= 11 is 0.829. The summed E-state index contributed by atoms with van der Waals surface area (Å²) < 4.78 is 5.14. The molecule has 1 aliphatic rings. The normalized spacial score (nSPS) is 14.9. The van der Waals surface area contributed by atoms with E-state index in [4.69, 9.17) is 4.74 Å². The van der Waals surface area contributed by atoms with E-state index in [-0.39, 0.29) is 40.5 Å². The molecule has 1 saturated heterocycles. The average molecular weight is 522 g/mol. The van der Waals surface area contributed by atoms with Gasteiger partial charge in [-0.25, -0.2) is 4.79 Å². The van der Waals surface area contributed by atoms with Crippen molar-refractivity contribution in [2.75, 3.05) is 26.7 Å². The third-order valence-corrected chi connectivity index (χ3v) is 6.17. The number of unbranched alkanes of at least 4 members (excludes halogenated alkanes) is 1. The van der Waals surface area contributed by atoms with Crippen molar-refractivity contribution in [3.05, 3.63) is 28.2 Å². The van der Waals surface area contributed by atoms with Gasteiger partial charge in [0.15, 0.2) is 11.5 Å². The molecule has 1 aromatic carbocycles. The molecular formula is C25H35N3O7S.